The molecule has 4 atom stereocenters. The molecule has 0 bridgehead atoms. The maximum Gasteiger partial charge on any atom is 0.236 e. The molecule has 0 aliphatic carbocycles. The lowest BCUT2D eigenvalue weighted by Crippen LogP contribution is -2.50. The summed E-state index contributed by atoms with van der Waals surface area (Å²) >= 11 is 6.20. The van der Waals surface area contributed by atoms with E-state index in [4.69, 9.17) is 22.1 Å². The number of nitrogens with one attached hydrogen (secondary N) is 2. The third kappa shape index (κ3) is 3.86. The van der Waals surface area contributed by atoms with Crippen molar-refractivity contribution >= 4 is 34.5 Å². The largest absolute Gasteiger partial charge is 0.387 e. The molecule has 1 amide bonds. The average Bonchev–Trinajstić information content (AvgIpc) is 3.20. The molecule has 4 heterocycles. The number of fused-ring (bicyclic) bond motifs is 1. The van der Waals surface area contributed by atoms with Crippen LogP contribution in [0.2, 0.25) is 5.28 Å². The van der Waals surface area contributed by atoms with Crippen LogP contribution in [0.5, 0.6) is 0 Å². The fourth-order valence-electron chi connectivity index (χ4n) is 3.58. The normalized spacial score (nSPS) is 27.6. The van der Waals surface area contributed by atoms with Crippen LogP contribution in [-0.2, 0) is 9.53 Å². The Bertz CT molecular complexity index is 889. The van der Waals surface area contributed by atoms with Crippen LogP contribution in [0.1, 0.15) is 6.23 Å². The summed E-state index contributed by atoms with van der Waals surface area (Å²) in [4.78, 5) is 26.1. The van der Waals surface area contributed by atoms with Crippen molar-refractivity contribution in [2.45, 2.75) is 24.5 Å². The highest BCUT2D eigenvalue weighted by Gasteiger charge is 2.45. The van der Waals surface area contributed by atoms with Crippen molar-refractivity contribution in [2.75, 3.05) is 45.0 Å². The topological polar surface area (TPSA) is 164 Å². The lowest BCUT2D eigenvalue weighted by atomic mass is 10.1. The zero-order valence-corrected chi connectivity index (χ0v) is 16.3. The van der Waals surface area contributed by atoms with Crippen molar-refractivity contribution in [3.63, 3.8) is 0 Å². The number of ether oxygens (including phenoxy) is 1. The highest BCUT2D eigenvalue weighted by atomic mass is 35.5. The van der Waals surface area contributed by atoms with Gasteiger partial charge in [-0.25, -0.2) is 15.0 Å². The molecule has 0 saturated carbocycles. The SMILES string of the molecule is Nc1ncnc2c1nc(Cl)n2[C@@H]1O[C@H](CNCC(=O)N2CCNCC2)[C@@H](O)[C@H]1O. The van der Waals surface area contributed by atoms with Crippen molar-refractivity contribution in [1.29, 1.82) is 0 Å². The predicted octanol–water partition coefficient (Wildman–Crippen LogP) is -2.30. The molecule has 13 heteroatoms. The van der Waals surface area contributed by atoms with Crippen molar-refractivity contribution in [1.82, 2.24) is 35.1 Å². The maximum absolute atomic E-state index is 12.2. The van der Waals surface area contributed by atoms with Gasteiger partial charge in [-0.2, -0.15) is 0 Å². The molecule has 2 aromatic heterocycles. The maximum atomic E-state index is 12.2. The van der Waals surface area contributed by atoms with E-state index in [0.717, 1.165) is 13.1 Å². The van der Waals surface area contributed by atoms with Crippen molar-refractivity contribution in [3.05, 3.63) is 11.6 Å². The first-order chi connectivity index (χ1) is 14.0. The Labute approximate surface area is 171 Å². The van der Waals surface area contributed by atoms with Crippen LogP contribution >= 0.6 is 11.6 Å². The number of carbonyl (C=O) groups is 1. The predicted molar refractivity (Wildman–Crippen MR) is 103 cm³/mol. The number of hydrogen-bond acceptors (Lipinski definition) is 10. The number of nitrogen functional groups attached to an aromatic ring is 1. The molecule has 0 radical (unpaired) electrons. The first kappa shape index (κ1) is 20.2. The van der Waals surface area contributed by atoms with E-state index in [9.17, 15) is 15.0 Å². The second kappa shape index (κ2) is 8.34. The summed E-state index contributed by atoms with van der Waals surface area (Å²) in [6.07, 6.45) is -2.96. The van der Waals surface area contributed by atoms with Gasteiger partial charge in [0.25, 0.3) is 0 Å². The number of nitrogens with zero attached hydrogens (tertiary/aromatic N) is 5. The third-order valence-corrected chi connectivity index (χ3v) is 5.41. The van der Waals surface area contributed by atoms with Gasteiger partial charge in [0.15, 0.2) is 23.2 Å². The number of piperazine rings is 1. The van der Waals surface area contributed by atoms with Gasteiger partial charge in [0.05, 0.1) is 6.54 Å². The Morgan fingerprint density at radius 3 is 2.86 bits per heavy atom. The summed E-state index contributed by atoms with van der Waals surface area (Å²) in [6.45, 7) is 3.18. The zero-order valence-electron chi connectivity index (χ0n) is 15.5. The molecule has 6 N–H and O–H groups in total. The number of imidazole rings is 1. The summed E-state index contributed by atoms with van der Waals surface area (Å²) in [5.41, 5.74) is 6.37. The van der Waals surface area contributed by atoms with Crippen molar-refractivity contribution in [2.24, 2.45) is 0 Å². The number of anilines is 1. The molecular weight excluding hydrogens is 404 g/mol. The smallest absolute Gasteiger partial charge is 0.236 e. The molecule has 12 nitrogen and oxygen atoms in total. The van der Waals surface area contributed by atoms with E-state index in [1.54, 1.807) is 4.90 Å². The molecule has 0 spiro atoms. The molecule has 2 aliphatic rings. The minimum Gasteiger partial charge on any atom is -0.387 e. The average molecular weight is 427 g/mol. The van der Waals surface area contributed by atoms with E-state index < -0.39 is 24.5 Å². The van der Waals surface area contributed by atoms with Gasteiger partial charge in [0.2, 0.25) is 11.2 Å². The Kier molecular flexibility index (Phi) is 5.81. The Balaban J connectivity index is 1.41. The molecule has 158 valence electrons. The number of halogens is 1. The Morgan fingerprint density at radius 2 is 2.10 bits per heavy atom. The van der Waals surface area contributed by atoms with Crippen LogP contribution in [0.3, 0.4) is 0 Å². The molecular formula is C16H23ClN8O4. The van der Waals surface area contributed by atoms with E-state index >= 15 is 0 Å². The highest BCUT2D eigenvalue weighted by Crippen LogP contribution is 2.34. The van der Waals surface area contributed by atoms with Crippen molar-refractivity contribution < 1.29 is 19.7 Å². The van der Waals surface area contributed by atoms with Crippen LogP contribution in [-0.4, -0.2) is 98.1 Å². The second-order valence-corrected chi connectivity index (χ2v) is 7.33. The lowest BCUT2D eigenvalue weighted by Gasteiger charge is -2.27. The molecule has 2 fully saturated rings. The molecule has 0 aromatic carbocycles. The molecule has 0 unspecified atom stereocenters. The third-order valence-electron chi connectivity index (χ3n) is 5.15. The van der Waals surface area contributed by atoms with E-state index in [-0.39, 0.29) is 35.6 Å². The number of carbonyl (C=O) groups excluding carboxylic acids is 1. The van der Waals surface area contributed by atoms with Crippen LogP contribution in [0, 0.1) is 0 Å². The van der Waals surface area contributed by atoms with Gasteiger partial charge >= 0.3 is 0 Å². The summed E-state index contributed by atoms with van der Waals surface area (Å²) in [7, 11) is 0. The number of rotatable bonds is 5. The Morgan fingerprint density at radius 1 is 1.34 bits per heavy atom. The number of aromatic nitrogens is 4. The minimum atomic E-state index is -1.27. The summed E-state index contributed by atoms with van der Waals surface area (Å²) in [5, 5.41) is 27.1. The van der Waals surface area contributed by atoms with E-state index in [2.05, 4.69) is 25.6 Å². The number of aliphatic hydroxyl groups is 2. The van der Waals surface area contributed by atoms with E-state index in [0.29, 0.717) is 18.7 Å². The molecule has 2 saturated heterocycles. The number of hydrogen-bond donors (Lipinski definition) is 5. The van der Waals surface area contributed by atoms with Crippen LogP contribution in [0.4, 0.5) is 5.82 Å². The van der Waals surface area contributed by atoms with Gasteiger partial charge in [-0.15, -0.1) is 0 Å². The lowest BCUT2D eigenvalue weighted by molar-refractivity contribution is -0.130. The van der Waals surface area contributed by atoms with Gasteiger partial charge in [-0.05, 0) is 11.6 Å². The fraction of sp³-hybridized carbons (Fsp3) is 0.625. The fourth-order valence-corrected chi connectivity index (χ4v) is 3.84. The van der Waals surface area contributed by atoms with Crippen molar-refractivity contribution in [3.8, 4) is 0 Å². The zero-order chi connectivity index (χ0) is 20.5. The quantitative estimate of drug-likeness (QED) is 0.328. The van der Waals surface area contributed by atoms with Crippen LogP contribution < -0.4 is 16.4 Å². The molecule has 2 aromatic rings. The summed E-state index contributed by atoms with van der Waals surface area (Å²) in [6, 6.07) is 0. The highest BCUT2D eigenvalue weighted by molar-refractivity contribution is 6.29. The number of aliphatic hydroxyl groups excluding tert-OH is 2. The monoisotopic (exact) mass is 426 g/mol. The number of amides is 1. The number of nitrogens with two attached hydrogens (primary N) is 1. The minimum absolute atomic E-state index is 0.00550. The van der Waals surface area contributed by atoms with Gasteiger partial charge in [-0.3, -0.25) is 9.36 Å². The summed E-state index contributed by atoms with van der Waals surface area (Å²) < 4.78 is 7.20. The van der Waals surface area contributed by atoms with Gasteiger partial charge in [0.1, 0.15) is 24.6 Å². The van der Waals surface area contributed by atoms with E-state index in [1.165, 1.54) is 10.9 Å². The Hall–Kier alpha value is -2.09. The second-order valence-electron chi connectivity index (χ2n) is 6.99. The van der Waals surface area contributed by atoms with Gasteiger partial charge in [0, 0.05) is 32.7 Å². The van der Waals surface area contributed by atoms with Crippen LogP contribution in [0.25, 0.3) is 11.2 Å². The van der Waals surface area contributed by atoms with Crippen LogP contribution in [0.15, 0.2) is 6.33 Å². The standard InChI is InChI=1S/C16H23ClN8O4/c17-16-23-10-13(18)21-7-22-14(10)25(16)15-12(28)11(27)8(29-15)5-20-6-9(26)24-3-1-19-2-4-24/h7-8,11-12,15,19-20,27-28H,1-6H2,(H2,18,21,22)/t8-,11-,12-,15-/m1/s1. The summed E-state index contributed by atoms with van der Waals surface area (Å²) in [5.74, 6) is 0.125. The van der Waals surface area contributed by atoms with Gasteiger partial charge in [-0.1, -0.05) is 0 Å². The van der Waals surface area contributed by atoms with E-state index in [1.807, 2.05) is 0 Å². The molecule has 29 heavy (non-hydrogen) atoms. The first-order valence-corrected chi connectivity index (χ1v) is 9.70. The first-order valence-electron chi connectivity index (χ1n) is 9.32. The molecule has 4 rings (SSSR count). The van der Waals surface area contributed by atoms with Gasteiger partial charge < -0.3 is 36.2 Å². The molecule has 2 aliphatic heterocycles.